The van der Waals surface area contributed by atoms with Crippen LogP contribution in [-0.4, -0.2) is 35.8 Å². The Labute approximate surface area is 173 Å². The molecule has 0 saturated carbocycles. The van der Waals surface area contributed by atoms with E-state index >= 15 is 0 Å². The Hall–Kier alpha value is -2.96. The summed E-state index contributed by atoms with van der Waals surface area (Å²) in [5.41, 5.74) is 0.204. The number of methoxy groups -OCH3 is 1. The predicted octanol–water partition coefficient (Wildman–Crippen LogP) is 1.19. The van der Waals surface area contributed by atoms with Gasteiger partial charge in [0, 0.05) is 18.5 Å². The van der Waals surface area contributed by atoms with Crippen LogP contribution in [0, 0.1) is 0 Å². The van der Waals surface area contributed by atoms with Crippen molar-refractivity contribution in [3.8, 4) is 5.75 Å². The number of hydrogen-bond acceptors (Lipinski definition) is 7. The monoisotopic (exact) mass is 453 g/mol. The topological polar surface area (TPSA) is 153 Å². The maximum Gasteiger partial charge on any atom is 0.265 e. The number of piperidine rings is 1. The van der Waals surface area contributed by atoms with Gasteiger partial charge in [-0.1, -0.05) is 0 Å². The SMILES string of the molecule is COc1ccc(N2C(=O)CCCC2=O)cc1S(=O)(=O)Nc1ccc(S(N)(=O)=O)cc1. The van der Waals surface area contributed by atoms with Gasteiger partial charge in [-0.15, -0.1) is 0 Å². The molecule has 2 amide bonds. The summed E-state index contributed by atoms with van der Waals surface area (Å²) < 4.78 is 56.0. The Morgan fingerprint density at radius 3 is 2.10 bits per heavy atom. The Balaban J connectivity index is 1.98. The fourth-order valence-electron chi connectivity index (χ4n) is 2.98. The maximum absolute atomic E-state index is 12.9. The molecule has 1 aliphatic rings. The zero-order valence-electron chi connectivity index (χ0n) is 15.9. The summed E-state index contributed by atoms with van der Waals surface area (Å²) in [6, 6.07) is 8.76. The molecule has 2 aromatic carbocycles. The van der Waals surface area contributed by atoms with Crippen LogP contribution in [0.1, 0.15) is 19.3 Å². The van der Waals surface area contributed by atoms with E-state index in [1.54, 1.807) is 0 Å². The van der Waals surface area contributed by atoms with Gasteiger partial charge in [-0.05, 0) is 48.9 Å². The van der Waals surface area contributed by atoms with Crippen molar-refractivity contribution in [1.82, 2.24) is 0 Å². The molecule has 0 bridgehead atoms. The number of imide groups is 1. The molecule has 160 valence electrons. The summed E-state index contributed by atoms with van der Waals surface area (Å²) in [5.74, 6) is -0.818. The summed E-state index contributed by atoms with van der Waals surface area (Å²) >= 11 is 0. The molecular formula is C18H19N3O7S2. The molecule has 2 aromatic rings. The van der Waals surface area contributed by atoms with Gasteiger partial charge in [-0.3, -0.25) is 19.2 Å². The lowest BCUT2D eigenvalue weighted by Crippen LogP contribution is -2.40. The highest BCUT2D eigenvalue weighted by Gasteiger charge is 2.29. The zero-order valence-corrected chi connectivity index (χ0v) is 17.5. The fourth-order valence-corrected chi connectivity index (χ4v) is 4.74. The van der Waals surface area contributed by atoms with Crippen LogP contribution in [0.25, 0.3) is 0 Å². The summed E-state index contributed by atoms with van der Waals surface area (Å²) in [6.45, 7) is 0. The Morgan fingerprint density at radius 1 is 0.967 bits per heavy atom. The number of benzene rings is 2. The second kappa shape index (κ2) is 8.05. The van der Waals surface area contributed by atoms with Crippen molar-refractivity contribution in [3.05, 3.63) is 42.5 Å². The molecule has 0 aliphatic carbocycles. The number of amides is 2. The summed E-state index contributed by atoms with van der Waals surface area (Å²) in [7, 11) is -6.84. The van der Waals surface area contributed by atoms with Crippen LogP contribution in [0.15, 0.2) is 52.3 Å². The number of carbonyl (C=O) groups is 2. The summed E-state index contributed by atoms with van der Waals surface area (Å²) in [5, 5.41) is 5.03. The van der Waals surface area contributed by atoms with E-state index in [9.17, 15) is 26.4 Å². The molecule has 1 aliphatic heterocycles. The number of ether oxygens (including phenoxy) is 1. The van der Waals surface area contributed by atoms with E-state index in [1.807, 2.05) is 0 Å². The van der Waals surface area contributed by atoms with Crippen molar-refractivity contribution in [2.24, 2.45) is 5.14 Å². The van der Waals surface area contributed by atoms with Crippen LogP contribution >= 0.6 is 0 Å². The number of nitrogens with one attached hydrogen (secondary N) is 1. The number of sulfonamides is 2. The molecule has 0 aromatic heterocycles. The van der Waals surface area contributed by atoms with Gasteiger partial charge in [0.05, 0.1) is 17.7 Å². The average Bonchev–Trinajstić information content (AvgIpc) is 2.67. The highest BCUT2D eigenvalue weighted by atomic mass is 32.2. The lowest BCUT2D eigenvalue weighted by molar-refractivity contribution is -0.129. The fraction of sp³-hybridized carbons (Fsp3) is 0.222. The molecule has 3 N–H and O–H groups in total. The summed E-state index contributed by atoms with van der Waals surface area (Å²) in [4.78, 5) is 24.8. The molecule has 1 saturated heterocycles. The molecule has 12 heteroatoms. The quantitative estimate of drug-likeness (QED) is 0.623. The van der Waals surface area contributed by atoms with Crippen molar-refractivity contribution < 1.29 is 31.2 Å². The largest absolute Gasteiger partial charge is 0.495 e. The predicted molar refractivity (Wildman–Crippen MR) is 108 cm³/mol. The third kappa shape index (κ3) is 4.45. The lowest BCUT2D eigenvalue weighted by Gasteiger charge is -2.25. The Bertz CT molecular complexity index is 1190. The molecule has 0 radical (unpaired) electrons. The van der Waals surface area contributed by atoms with Gasteiger partial charge in [0.25, 0.3) is 10.0 Å². The van der Waals surface area contributed by atoms with Crippen LogP contribution in [0.4, 0.5) is 11.4 Å². The third-order valence-corrected chi connectivity index (χ3v) is 6.74. The number of rotatable bonds is 6. The number of anilines is 2. The van der Waals surface area contributed by atoms with Crippen LogP contribution in [0.5, 0.6) is 5.75 Å². The number of nitrogens with zero attached hydrogens (tertiary/aromatic N) is 1. The molecule has 0 atom stereocenters. The second-order valence-corrected chi connectivity index (χ2v) is 9.70. The Kier molecular flexibility index (Phi) is 5.83. The molecule has 10 nitrogen and oxygen atoms in total. The van der Waals surface area contributed by atoms with E-state index in [0.29, 0.717) is 6.42 Å². The van der Waals surface area contributed by atoms with E-state index in [2.05, 4.69) is 4.72 Å². The number of carbonyl (C=O) groups excluding carboxylic acids is 2. The molecule has 0 spiro atoms. The van der Waals surface area contributed by atoms with Gasteiger partial charge in [0.1, 0.15) is 10.6 Å². The molecular weight excluding hydrogens is 434 g/mol. The van der Waals surface area contributed by atoms with E-state index in [-0.39, 0.29) is 39.8 Å². The minimum atomic E-state index is -4.21. The van der Waals surface area contributed by atoms with Crippen LogP contribution < -0.4 is 19.5 Å². The third-order valence-electron chi connectivity index (χ3n) is 4.41. The van der Waals surface area contributed by atoms with Crippen molar-refractivity contribution in [3.63, 3.8) is 0 Å². The van der Waals surface area contributed by atoms with Gasteiger partial charge in [-0.25, -0.2) is 22.0 Å². The van der Waals surface area contributed by atoms with Gasteiger partial charge in [-0.2, -0.15) is 0 Å². The zero-order chi connectivity index (χ0) is 22.1. The summed E-state index contributed by atoms with van der Waals surface area (Å²) in [6.07, 6.45) is 0.828. The molecule has 0 unspecified atom stereocenters. The number of nitrogens with two attached hydrogens (primary N) is 1. The first-order valence-electron chi connectivity index (χ1n) is 8.72. The first kappa shape index (κ1) is 21.7. The van der Waals surface area contributed by atoms with Gasteiger partial charge in [0.2, 0.25) is 21.8 Å². The van der Waals surface area contributed by atoms with Gasteiger partial charge >= 0.3 is 0 Å². The highest BCUT2D eigenvalue weighted by Crippen LogP contribution is 2.32. The standard InChI is InChI=1S/C18H19N3O7S2/c1-28-15-10-7-13(21-17(22)3-2-4-18(21)23)11-16(15)30(26,27)20-12-5-8-14(9-6-12)29(19,24)25/h5-11,20H,2-4H2,1H3,(H2,19,24,25). The average molecular weight is 453 g/mol. The van der Waals surface area contributed by atoms with Crippen molar-refractivity contribution in [2.45, 2.75) is 29.1 Å². The van der Waals surface area contributed by atoms with Crippen LogP contribution in [-0.2, 0) is 29.6 Å². The van der Waals surface area contributed by atoms with Gasteiger partial charge < -0.3 is 4.74 Å². The number of hydrogen-bond donors (Lipinski definition) is 2. The number of primary sulfonamides is 1. The normalized spacial score (nSPS) is 15.2. The lowest BCUT2D eigenvalue weighted by atomic mass is 10.1. The minimum Gasteiger partial charge on any atom is -0.495 e. The molecule has 30 heavy (non-hydrogen) atoms. The van der Waals surface area contributed by atoms with Crippen LogP contribution in [0.2, 0.25) is 0 Å². The van der Waals surface area contributed by atoms with E-state index in [4.69, 9.17) is 9.88 Å². The maximum atomic E-state index is 12.9. The van der Waals surface area contributed by atoms with Crippen molar-refractivity contribution in [2.75, 3.05) is 16.7 Å². The van der Waals surface area contributed by atoms with E-state index in [1.165, 1.54) is 37.4 Å². The van der Waals surface area contributed by atoms with Gasteiger partial charge in [0.15, 0.2) is 0 Å². The van der Waals surface area contributed by atoms with Crippen molar-refractivity contribution >= 4 is 43.2 Å². The smallest absolute Gasteiger partial charge is 0.265 e. The first-order valence-corrected chi connectivity index (χ1v) is 11.8. The minimum absolute atomic E-state index is 0.00399. The second-order valence-electron chi connectivity index (χ2n) is 6.49. The van der Waals surface area contributed by atoms with Crippen molar-refractivity contribution in [1.29, 1.82) is 0 Å². The molecule has 1 heterocycles. The van der Waals surface area contributed by atoms with Crippen LogP contribution in [0.3, 0.4) is 0 Å². The molecule has 3 rings (SSSR count). The van der Waals surface area contributed by atoms with E-state index in [0.717, 1.165) is 17.0 Å². The Morgan fingerprint density at radius 2 is 1.57 bits per heavy atom. The highest BCUT2D eigenvalue weighted by molar-refractivity contribution is 7.92. The molecule has 1 fully saturated rings. The first-order chi connectivity index (χ1) is 14.0. The van der Waals surface area contributed by atoms with E-state index < -0.39 is 31.9 Å².